The number of rotatable bonds is 3. The van der Waals surface area contributed by atoms with Crippen molar-refractivity contribution in [3.63, 3.8) is 0 Å². The Balaban J connectivity index is 1.42. The highest BCUT2D eigenvalue weighted by atomic mass is 35.5. The molecule has 0 N–H and O–H groups in total. The third kappa shape index (κ3) is 3.07. The van der Waals surface area contributed by atoms with Crippen LogP contribution in [-0.4, -0.2) is 52.8 Å². The summed E-state index contributed by atoms with van der Waals surface area (Å²) in [5.41, 5.74) is 1.03. The van der Waals surface area contributed by atoms with Gasteiger partial charge in [-0.1, -0.05) is 29.8 Å². The van der Waals surface area contributed by atoms with Crippen LogP contribution in [0.1, 0.15) is 28.9 Å². The monoisotopic (exact) mass is 369 g/mol. The first kappa shape index (κ1) is 17.0. The van der Waals surface area contributed by atoms with Crippen LogP contribution in [0.25, 0.3) is 0 Å². The highest BCUT2D eigenvalue weighted by Gasteiger charge is 2.53. The van der Waals surface area contributed by atoms with Gasteiger partial charge in [0.2, 0.25) is 5.91 Å². The van der Waals surface area contributed by atoms with Crippen molar-refractivity contribution in [3.8, 4) is 0 Å². The molecule has 0 spiro atoms. The van der Waals surface area contributed by atoms with Gasteiger partial charge in [-0.25, -0.2) is 0 Å². The molecule has 0 unspecified atom stereocenters. The molecule has 1 aromatic heterocycles. The molecule has 1 aliphatic heterocycles. The van der Waals surface area contributed by atoms with Crippen LogP contribution in [0.15, 0.2) is 48.7 Å². The molecule has 26 heavy (non-hydrogen) atoms. The summed E-state index contributed by atoms with van der Waals surface area (Å²) < 4.78 is 0. The molecule has 2 amide bonds. The fourth-order valence-corrected chi connectivity index (χ4v) is 3.79. The van der Waals surface area contributed by atoms with Crippen LogP contribution in [-0.2, 0) is 10.2 Å². The maximum absolute atomic E-state index is 13.1. The van der Waals surface area contributed by atoms with E-state index in [-0.39, 0.29) is 11.8 Å². The first-order chi connectivity index (χ1) is 12.6. The zero-order valence-corrected chi connectivity index (χ0v) is 15.2. The van der Waals surface area contributed by atoms with Crippen LogP contribution in [0.3, 0.4) is 0 Å². The van der Waals surface area contributed by atoms with E-state index in [4.69, 9.17) is 11.6 Å². The topological polar surface area (TPSA) is 53.5 Å². The van der Waals surface area contributed by atoms with Crippen molar-refractivity contribution >= 4 is 23.4 Å². The number of hydrogen-bond acceptors (Lipinski definition) is 3. The van der Waals surface area contributed by atoms with Gasteiger partial charge in [0.1, 0.15) is 5.69 Å². The second-order valence-corrected chi connectivity index (χ2v) is 7.33. The molecular formula is C20H20ClN3O2. The SMILES string of the molecule is O=C(c1ccccn1)N1CCN(C(=O)C2(c3cccc(Cl)c3)CC2)CC1. The molecule has 2 heterocycles. The largest absolute Gasteiger partial charge is 0.338 e. The van der Waals surface area contributed by atoms with E-state index >= 15 is 0 Å². The van der Waals surface area contributed by atoms with Crippen LogP contribution < -0.4 is 0 Å². The Morgan fingerprint density at radius 3 is 2.31 bits per heavy atom. The summed E-state index contributed by atoms with van der Waals surface area (Å²) in [5.74, 6) is 0.0818. The van der Waals surface area contributed by atoms with Gasteiger partial charge in [0.05, 0.1) is 5.41 Å². The molecular weight excluding hydrogens is 350 g/mol. The van der Waals surface area contributed by atoms with Crippen molar-refractivity contribution in [2.45, 2.75) is 18.3 Å². The van der Waals surface area contributed by atoms with Crippen molar-refractivity contribution in [3.05, 3.63) is 64.9 Å². The van der Waals surface area contributed by atoms with Crippen LogP contribution in [0.2, 0.25) is 5.02 Å². The van der Waals surface area contributed by atoms with Crippen molar-refractivity contribution < 1.29 is 9.59 Å². The second kappa shape index (κ2) is 6.72. The van der Waals surface area contributed by atoms with Gasteiger partial charge in [-0.2, -0.15) is 0 Å². The third-order valence-corrected chi connectivity index (χ3v) is 5.51. The minimum atomic E-state index is -0.419. The Labute approximate surface area is 157 Å². The van der Waals surface area contributed by atoms with Gasteiger partial charge in [0, 0.05) is 37.4 Å². The predicted octanol–water partition coefficient (Wildman–Crippen LogP) is 2.75. The first-order valence-corrected chi connectivity index (χ1v) is 9.24. The average Bonchev–Trinajstić information content (AvgIpc) is 3.50. The summed E-state index contributed by atoms with van der Waals surface area (Å²) in [7, 11) is 0. The molecule has 5 nitrogen and oxygen atoms in total. The molecule has 134 valence electrons. The molecule has 0 radical (unpaired) electrons. The number of nitrogens with zero attached hydrogens (tertiary/aromatic N) is 3. The molecule has 1 saturated heterocycles. The fourth-order valence-electron chi connectivity index (χ4n) is 3.60. The van der Waals surface area contributed by atoms with E-state index in [1.165, 1.54) is 0 Å². The van der Waals surface area contributed by atoms with Gasteiger partial charge < -0.3 is 9.80 Å². The Hall–Kier alpha value is -2.40. The minimum absolute atomic E-state index is 0.0753. The van der Waals surface area contributed by atoms with Crippen LogP contribution >= 0.6 is 11.6 Å². The third-order valence-electron chi connectivity index (χ3n) is 5.27. The van der Waals surface area contributed by atoms with Gasteiger partial charge >= 0.3 is 0 Å². The number of amides is 2. The Morgan fingerprint density at radius 2 is 1.69 bits per heavy atom. The van der Waals surface area contributed by atoms with Gasteiger partial charge in [-0.15, -0.1) is 0 Å². The summed E-state index contributed by atoms with van der Waals surface area (Å²) in [4.78, 5) is 33.4. The summed E-state index contributed by atoms with van der Waals surface area (Å²) in [6.07, 6.45) is 3.34. The summed E-state index contributed by atoms with van der Waals surface area (Å²) in [6, 6.07) is 12.9. The Bertz CT molecular complexity index is 828. The average molecular weight is 370 g/mol. The normalized spacial score (nSPS) is 18.5. The van der Waals surface area contributed by atoms with Gasteiger partial charge in [-0.05, 0) is 42.7 Å². The zero-order chi connectivity index (χ0) is 18.1. The number of carbonyl (C=O) groups is 2. The molecule has 1 aliphatic carbocycles. The number of halogens is 1. The number of carbonyl (C=O) groups excluding carboxylic acids is 2. The lowest BCUT2D eigenvalue weighted by Crippen LogP contribution is -2.53. The highest BCUT2D eigenvalue weighted by molar-refractivity contribution is 6.30. The lowest BCUT2D eigenvalue weighted by atomic mass is 9.94. The number of benzene rings is 1. The van der Waals surface area contributed by atoms with Crippen LogP contribution in [0, 0.1) is 0 Å². The van der Waals surface area contributed by atoms with E-state index in [1.54, 1.807) is 23.2 Å². The molecule has 1 saturated carbocycles. The number of pyridine rings is 1. The maximum atomic E-state index is 13.1. The summed E-state index contributed by atoms with van der Waals surface area (Å²) in [5, 5.41) is 0.660. The van der Waals surface area contributed by atoms with Crippen LogP contribution in [0.5, 0.6) is 0 Å². The number of piperazine rings is 1. The quantitative estimate of drug-likeness (QED) is 0.836. The first-order valence-electron chi connectivity index (χ1n) is 8.86. The molecule has 6 heteroatoms. The van der Waals surface area contributed by atoms with Crippen LogP contribution in [0.4, 0.5) is 0 Å². The predicted molar refractivity (Wildman–Crippen MR) is 99.1 cm³/mol. The second-order valence-electron chi connectivity index (χ2n) is 6.89. The molecule has 2 aliphatic rings. The van der Waals surface area contributed by atoms with E-state index < -0.39 is 5.41 Å². The lowest BCUT2D eigenvalue weighted by Gasteiger charge is -2.36. The zero-order valence-electron chi connectivity index (χ0n) is 14.4. The highest BCUT2D eigenvalue weighted by Crippen LogP contribution is 2.50. The Morgan fingerprint density at radius 1 is 0.962 bits per heavy atom. The summed E-state index contributed by atoms with van der Waals surface area (Å²) >= 11 is 6.11. The fraction of sp³-hybridized carbons (Fsp3) is 0.350. The molecule has 1 aromatic carbocycles. The number of aromatic nitrogens is 1. The van der Waals surface area contributed by atoms with E-state index in [0.717, 1.165) is 18.4 Å². The van der Waals surface area contributed by atoms with Crippen molar-refractivity contribution in [2.75, 3.05) is 26.2 Å². The van der Waals surface area contributed by atoms with Crippen molar-refractivity contribution in [2.24, 2.45) is 0 Å². The molecule has 0 atom stereocenters. The maximum Gasteiger partial charge on any atom is 0.272 e. The molecule has 2 fully saturated rings. The van der Waals surface area contributed by atoms with Gasteiger partial charge in [0.25, 0.3) is 5.91 Å². The van der Waals surface area contributed by atoms with E-state index in [2.05, 4.69) is 4.98 Å². The summed E-state index contributed by atoms with van der Waals surface area (Å²) in [6.45, 7) is 2.18. The van der Waals surface area contributed by atoms with E-state index in [1.807, 2.05) is 35.2 Å². The Kier molecular flexibility index (Phi) is 4.41. The standard InChI is InChI=1S/C20H20ClN3O2/c21-16-5-3-4-15(14-16)20(7-8-20)19(26)24-12-10-23(11-13-24)18(25)17-6-1-2-9-22-17/h1-6,9,14H,7-8,10-13H2. The minimum Gasteiger partial charge on any atom is -0.338 e. The van der Waals surface area contributed by atoms with Gasteiger partial charge in [-0.3, -0.25) is 14.6 Å². The van der Waals surface area contributed by atoms with Gasteiger partial charge in [0.15, 0.2) is 0 Å². The molecule has 4 rings (SSSR count). The molecule has 0 bridgehead atoms. The van der Waals surface area contributed by atoms with E-state index in [9.17, 15) is 9.59 Å². The molecule has 2 aromatic rings. The lowest BCUT2D eigenvalue weighted by molar-refractivity contribution is -0.135. The van der Waals surface area contributed by atoms with Crippen molar-refractivity contribution in [1.82, 2.24) is 14.8 Å². The smallest absolute Gasteiger partial charge is 0.272 e. The van der Waals surface area contributed by atoms with E-state index in [0.29, 0.717) is 36.9 Å². The number of hydrogen-bond donors (Lipinski definition) is 0. The van der Waals surface area contributed by atoms with Crippen molar-refractivity contribution in [1.29, 1.82) is 0 Å².